The quantitative estimate of drug-likeness (QED) is 0.320. The second kappa shape index (κ2) is 15.2. The number of hydrogen-bond donors (Lipinski definition) is 3. The summed E-state index contributed by atoms with van der Waals surface area (Å²) >= 11 is 0. The molecule has 1 aliphatic heterocycles. The van der Waals surface area contributed by atoms with E-state index in [1.807, 2.05) is 51.4 Å². The molecule has 7 heteroatoms. The predicted octanol–water partition coefficient (Wildman–Crippen LogP) is 6.68. The summed E-state index contributed by atoms with van der Waals surface area (Å²) in [4.78, 5) is 21.6. The molecule has 0 unspecified atom stereocenters. The third-order valence-corrected chi connectivity index (χ3v) is 7.11. The smallest absolute Gasteiger partial charge is 0.159 e. The van der Waals surface area contributed by atoms with Gasteiger partial charge < -0.3 is 16.0 Å². The SMILES string of the molecule is C=CCc1c(/C=C\C)[nH]c2nccc(-c3nccncc(C4CCC4)ccn3)c12.CC.CC1(N)CCNCC1. The normalized spacial score (nSPS) is 16.2. The lowest BCUT2D eigenvalue weighted by Gasteiger charge is -2.29. The Labute approximate surface area is 233 Å². The molecule has 0 radical (unpaired) electrons. The van der Waals surface area contributed by atoms with Gasteiger partial charge in [0.2, 0.25) is 0 Å². The van der Waals surface area contributed by atoms with E-state index in [2.05, 4.69) is 50.9 Å². The number of H-pyrrole nitrogens is 1. The molecule has 1 saturated heterocycles. The van der Waals surface area contributed by atoms with E-state index in [4.69, 9.17) is 10.7 Å². The fraction of sp³-hybridized carbons (Fsp3) is 0.438. The van der Waals surface area contributed by atoms with E-state index in [1.54, 1.807) is 18.6 Å². The Morgan fingerprint density at radius 1 is 1.05 bits per heavy atom. The number of nitrogens with one attached hydrogen (secondary N) is 2. The summed E-state index contributed by atoms with van der Waals surface area (Å²) in [5.74, 6) is 1.24. The topological polar surface area (TPSA) is 105 Å². The van der Waals surface area contributed by atoms with Gasteiger partial charge in [-0.25, -0.2) is 15.0 Å². The number of fused-ring (bicyclic) bond motifs is 1. The molecule has 2 fully saturated rings. The second-order valence-electron chi connectivity index (χ2n) is 10.1. The summed E-state index contributed by atoms with van der Waals surface area (Å²) in [6.45, 7) is 14.2. The molecule has 3 aromatic rings. The van der Waals surface area contributed by atoms with E-state index in [0.717, 1.165) is 60.2 Å². The lowest BCUT2D eigenvalue weighted by Crippen LogP contribution is -2.46. The van der Waals surface area contributed by atoms with Crippen molar-refractivity contribution in [3.05, 3.63) is 78.7 Å². The maximum atomic E-state index is 5.84. The first-order valence-electron chi connectivity index (χ1n) is 14.3. The molecule has 0 atom stereocenters. The minimum Gasteiger partial charge on any atom is -0.339 e. The zero-order valence-electron chi connectivity index (χ0n) is 24.1. The largest absolute Gasteiger partial charge is 0.339 e. The van der Waals surface area contributed by atoms with Crippen LogP contribution in [-0.4, -0.2) is 43.5 Å². The van der Waals surface area contributed by atoms with Crippen molar-refractivity contribution in [2.24, 2.45) is 5.73 Å². The van der Waals surface area contributed by atoms with Gasteiger partial charge in [-0.15, -0.1) is 6.58 Å². The summed E-state index contributed by atoms with van der Waals surface area (Å²) in [5, 5.41) is 4.30. The van der Waals surface area contributed by atoms with Gasteiger partial charge in [-0.1, -0.05) is 32.4 Å². The van der Waals surface area contributed by atoms with Crippen molar-refractivity contribution >= 4 is 17.1 Å². The number of nitrogens with zero attached hydrogens (tertiary/aromatic N) is 4. The van der Waals surface area contributed by atoms with Gasteiger partial charge in [0.05, 0.1) is 0 Å². The highest BCUT2D eigenvalue weighted by molar-refractivity contribution is 5.96. The maximum Gasteiger partial charge on any atom is 0.159 e. The maximum absolute atomic E-state index is 5.84. The standard InChI is InChI=1S/C24H25N5.C6H14N2.C2H6/c1-3-6-19-21(7-4-2)29-24-22(19)20(11-13-27-24)23-26-12-10-18(17-8-5-9-17)16-25-14-15-28-23;1-6(7)2-4-8-5-3-6;1-2/h3-4,7,10-17H,1,5-6,8-9H2,2H3,(H,27,29);8H,2-5,7H2,1H3;1-2H3/b7-4-,12-10?,15-14?,18-10?,18-16?,25-14?,25-16?,26-12?,26-23?,28-15?,28-23?;;. The van der Waals surface area contributed by atoms with Gasteiger partial charge in [0.25, 0.3) is 0 Å². The first-order chi connectivity index (χ1) is 19.0. The predicted molar refractivity (Wildman–Crippen MR) is 164 cm³/mol. The first-order valence-corrected chi connectivity index (χ1v) is 14.3. The number of piperidine rings is 1. The van der Waals surface area contributed by atoms with Crippen LogP contribution < -0.4 is 11.1 Å². The number of hydrogen-bond acceptors (Lipinski definition) is 6. The average Bonchev–Trinajstić information content (AvgIpc) is 3.25. The number of rotatable bonds is 5. The molecule has 0 spiro atoms. The molecule has 0 amide bonds. The van der Waals surface area contributed by atoms with Crippen LogP contribution in [0.5, 0.6) is 0 Å². The van der Waals surface area contributed by atoms with Crippen LogP contribution in [0, 0.1) is 0 Å². The summed E-state index contributed by atoms with van der Waals surface area (Å²) in [6, 6.07) is 4.03. The summed E-state index contributed by atoms with van der Waals surface area (Å²) in [5.41, 5.74) is 11.2. The highest BCUT2D eigenvalue weighted by atomic mass is 14.9. The van der Waals surface area contributed by atoms with Gasteiger partial charge in [0.15, 0.2) is 5.82 Å². The van der Waals surface area contributed by atoms with Crippen molar-refractivity contribution in [1.29, 1.82) is 0 Å². The van der Waals surface area contributed by atoms with Crippen LogP contribution in [0.25, 0.3) is 28.5 Å². The molecule has 3 aromatic heterocycles. The van der Waals surface area contributed by atoms with E-state index in [9.17, 15) is 0 Å². The zero-order chi connectivity index (χ0) is 28.1. The van der Waals surface area contributed by atoms with E-state index >= 15 is 0 Å². The Morgan fingerprint density at radius 3 is 2.38 bits per heavy atom. The molecule has 1 saturated carbocycles. The first kappa shape index (κ1) is 30.1. The molecule has 0 bridgehead atoms. The van der Waals surface area contributed by atoms with E-state index < -0.39 is 0 Å². The molecule has 7 nitrogen and oxygen atoms in total. The lowest BCUT2D eigenvalue weighted by atomic mass is 9.81. The number of aromatic nitrogens is 5. The summed E-state index contributed by atoms with van der Waals surface area (Å²) in [7, 11) is 0. The van der Waals surface area contributed by atoms with Gasteiger partial charge in [0, 0.05) is 53.2 Å². The highest BCUT2D eigenvalue weighted by Gasteiger charge is 2.20. The van der Waals surface area contributed by atoms with Crippen molar-refractivity contribution in [1.82, 2.24) is 30.2 Å². The molecular formula is C32H45N7. The average molecular weight is 528 g/mol. The third kappa shape index (κ3) is 8.28. The number of pyridine rings is 1. The van der Waals surface area contributed by atoms with E-state index in [0.29, 0.717) is 11.7 Å². The minimum absolute atomic E-state index is 0.116. The second-order valence-corrected chi connectivity index (χ2v) is 10.1. The molecule has 5 rings (SSSR count). The highest BCUT2D eigenvalue weighted by Crippen LogP contribution is 2.35. The number of allylic oxidation sites excluding steroid dienone is 2. The number of nitrogens with two attached hydrogens (primary N) is 1. The fourth-order valence-electron chi connectivity index (χ4n) is 4.71. The number of aromatic amines is 1. The molecule has 39 heavy (non-hydrogen) atoms. The van der Waals surface area contributed by atoms with Crippen LogP contribution in [0.1, 0.15) is 82.5 Å². The Bertz CT molecular complexity index is 1280. The van der Waals surface area contributed by atoms with Gasteiger partial charge >= 0.3 is 0 Å². The molecule has 4 N–H and O–H groups in total. The van der Waals surface area contributed by atoms with Crippen molar-refractivity contribution in [2.75, 3.05) is 13.1 Å². The lowest BCUT2D eigenvalue weighted by molar-refractivity contribution is 0.337. The summed E-state index contributed by atoms with van der Waals surface area (Å²) in [6.07, 6.45) is 21.7. The Morgan fingerprint density at radius 2 is 1.77 bits per heavy atom. The van der Waals surface area contributed by atoms with Gasteiger partial charge in [0.1, 0.15) is 5.65 Å². The van der Waals surface area contributed by atoms with Crippen LogP contribution in [-0.2, 0) is 6.42 Å². The van der Waals surface area contributed by atoms with Crippen molar-refractivity contribution in [3.63, 3.8) is 0 Å². The van der Waals surface area contributed by atoms with Crippen LogP contribution >= 0.6 is 0 Å². The molecule has 1 aliphatic carbocycles. The van der Waals surface area contributed by atoms with Gasteiger partial charge in [-0.2, -0.15) is 0 Å². The van der Waals surface area contributed by atoms with E-state index in [1.165, 1.54) is 24.8 Å². The van der Waals surface area contributed by atoms with Crippen LogP contribution in [0.2, 0.25) is 0 Å². The van der Waals surface area contributed by atoms with Crippen LogP contribution in [0.15, 0.2) is 61.8 Å². The Kier molecular flexibility index (Phi) is 11.8. The zero-order valence-corrected chi connectivity index (χ0v) is 24.1. The minimum atomic E-state index is 0.116. The third-order valence-electron chi connectivity index (χ3n) is 7.11. The summed E-state index contributed by atoms with van der Waals surface area (Å²) < 4.78 is 0. The van der Waals surface area contributed by atoms with Crippen molar-refractivity contribution in [3.8, 4) is 11.4 Å². The van der Waals surface area contributed by atoms with Crippen LogP contribution in [0.3, 0.4) is 0 Å². The van der Waals surface area contributed by atoms with Crippen LogP contribution in [0.4, 0.5) is 0 Å². The Balaban J connectivity index is 0.000000357. The van der Waals surface area contributed by atoms with Crippen molar-refractivity contribution in [2.45, 2.75) is 77.7 Å². The molecule has 208 valence electrons. The Hall–Kier alpha value is -3.42. The van der Waals surface area contributed by atoms with E-state index in [-0.39, 0.29) is 5.54 Å². The fourth-order valence-corrected chi connectivity index (χ4v) is 4.71. The molecule has 0 aromatic carbocycles. The van der Waals surface area contributed by atoms with Gasteiger partial charge in [-0.3, -0.25) is 4.98 Å². The van der Waals surface area contributed by atoms with Gasteiger partial charge in [-0.05, 0) is 94.3 Å². The van der Waals surface area contributed by atoms with Crippen molar-refractivity contribution < 1.29 is 0 Å². The molecular weight excluding hydrogens is 482 g/mol. The molecule has 4 heterocycles. The molecule has 2 aliphatic rings. The monoisotopic (exact) mass is 527 g/mol.